The molecule has 0 aliphatic rings. The first-order valence-corrected chi connectivity index (χ1v) is 17.4. The van der Waals surface area contributed by atoms with Crippen LogP contribution in [0.5, 0.6) is 5.75 Å². The molecule has 246 valence electrons. The normalized spacial score (nSPS) is 11.5. The van der Waals surface area contributed by atoms with Gasteiger partial charge in [0.15, 0.2) is 0 Å². The second-order valence-electron chi connectivity index (χ2n) is 13.1. The number of hydrogen-bond donors (Lipinski definition) is 1. The van der Waals surface area contributed by atoms with Crippen molar-refractivity contribution in [2.75, 3.05) is 4.90 Å². The van der Waals surface area contributed by atoms with E-state index in [9.17, 15) is 5.11 Å². The van der Waals surface area contributed by atoms with Gasteiger partial charge in [0.1, 0.15) is 28.1 Å². The molecule has 4 heteroatoms. The first kappa shape index (κ1) is 29.8. The van der Waals surface area contributed by atoms with Gasteiger partial charge in [-0.1, -0.05) is 121 Å². The summed E-state index contributed by atoms with van der Waals surface area (Å²) >= 11 is 0. The molecule has 0 radical (unpaired) electrons. The topological polar surface area (TPSA) is 49.8 Å². The molecular weight excluding hydrogens is 639 g/mol. The highest BCUT2D eigenvalue weighted by molar-refractivity contribution is 6.10. The van der Waals surface area contributed by atoms with Gasteiger partial charge in [0.25, 0.3) is 0 Å². The summed E-state index contributed by atoms with van der Waals surface area (Å²) in [5.41, 5.74) is 13.1. The van der Waals surface area contributed by atoms with Gasteiger partial charge >= 0.3 is 0 Å². The van der Waals surface area contributed by atoms with E-state index in [0.29, 0.717) is 0 Å². The highest BCUT2D eigenvalue weighted by Crippen LogP contribution is 2.41. The van der Waals surface area contributed by atoms with Crippen LogP contribution in [0.25, 0.3) is 77.3 Å². The number of nitrogens with zero attached hydrogens (tertiary/aromatic N) is 1. The van der Waals surface area contributed by atoms with E-state index in [0.717, 1.165) is 94.3 Å². The van der Waals surface area contributed by atoms with Crippen LogP contribution in [0.3, 0.4) is 0 Å². The number of anilines is 3. The third-order valence-corrected chi connectivity index (χ3v) is 10.0. The zero-order chi connectivity index (χ0) is 34.6. The number of fused-ring (bicyclic) bond motifs is 6. The molecule has 0 atom stereocenters. The van der Waals surface area contributed by atoms with Crippen LogP contribution in [-0.4, -0.2) is 5.11 Å². The van der Waals surface area contributed by atoms with E-state index in [1.54, 1.807) is 12.1 Å². The average molecular weight is 670 g/mol. The largest absolute Gasteiger partial charge is 0.508 e. The first-order chi connectivity index (χ1) is 25.7. The van der Waals surface area contributed by atoms with Crippen molar-refractivity contribution in [3.8, 4) is 39.1 Å². The first-order valence-electron chi connectivity index (χ1n) is 17.4. The second kappa shape index (κ2) is 12.1. The predicted molar refractivity (Wildman–Crippen MR) is 214 cm³/mol. The lowest BCUT2D eigenvalue weighted by atomic mass is 10.0. The van der Waals surface area contributed by atoms with Crippen LogP contribution in [0, 0.1) is 0 Å². The molecule has 0 unspecified atom stereocenters. The Morgan fingerprint density at radius 3 is 1.13 bits per heavy atom. The molecule has 0 bridgehead atoms. The van der Waals surface area contributed by atoms with E-state index in [2.05, 4.69) is 138 Å². The molecule has 4 nitrogen and oxygen atoms in total. The molecular formula is C48H31NO3. The summed E-state index contributed by atoms with van der Waals surface area (Å²) in [6.07, 6.45) is 0. The van der Waals surface area contributed by atoms with Gasteiger partial charge in [-0.05, 0) is 82.9 Å². The molecule has 2 aromatic heterocycles. The van der Waals surface area contributed by atoms with E-state index in [1.807, 2.05) is 36.4 Å². The van der Waals surface area contributed by atoms with Gasteiger partial charge in [0.2, 0.25) is 0 Å². The van der Waals surface area contributed by atoms with E-state index < -0.39 is 0 Å². The SMILES string of the molecule is Oc1ccc(-c2ccc(N(c3ccc(-c4cccc5c4oc4ccccc45)cc3)c3ccc(-c4cccc5c4oc4ccccc45)cc3)cc2)cc1. The van der Waals surface area contributed by atoms with E-state index in [1.165, 1.54) is 0 Å². The van der Waals surface area contributed by atoms with E-state index in [4.69, 9.17) is 8.83 Å². The summed E-state index contributed by atoms with van der Waals surface area (Å²) in [6, 6.07) is 62.3. The van der Waals surface area contributed by atoms with Gasteiger partial charge in [-0.15, -0.1) is 0 Å². The lowest BCUT2D eigenvalue weighted by molar-refractivity contribution is 0.475. The molecule has 0 aliphatic heterocycles. The van der Waals surface area contributed by atoms with Crippen LogP contribution in [-0.2, 0) is 0 Å². The fourth-order valence-corrected chi connectivity index (χ4v) is 7.43. The Labute approximate surface area is 300 Å². The molecule has 0 amide bonds. The number of aromatic hydroxyl groups is 1. The van der Waals surface area contributed by atoms with Crippen LogP contribution in [0.2, 0.25) is 0 Å². The minimum absolute atomic E-state index is 0.256. The number of phenols is 1. The van der Waals surface area contributed by atoms with Gasteiger partial charge < -0.3 is 18.8 Å². The van der Waals surface area contributed by atoms with Crippen molar-refractivity contribution in [2.45, 2.75) is 0 Å². The highest BCUT2D eigenvalue weighted by Gasteiger charge is 2.17. The highest BCUT2D eigenvalue weighted by atomic mass is 16.3. The molecule has 1 N–H and O–H groups in total. The van der Waals surface area contributed by atoms with Crippen molar-refractivity contribution in [1.29, 1.82) is 0 Å². The van der Waals surface area contributed by atoms with Crippen molar-refractivity contribution in [2.24, 2.45) is 0 Å². The van der Waals surface area contributed by atoms with Crippen LogP contribution in [0.1, 0.15) is 0 Å². The fourth-order valence-electron chi connectivity index (χ4n) is 7.43. The number of benzene rings is 8. The molecule has 0 aliphatic carbocycles. The van der Waals surface area contributed by atoms with Gasteiger partial charge in [0.05, 0.1) is 0 Å². The Kier molecular flexibility index (Phi) is 6.93. The lowest BCUT2D eigenvalue weighted by Gasteiger charge is -2.26. The number of hydrogen-bond acceptors (Lipinski definition) is 4. The van der Waals surface area contributed by atoms with Gasteiger partial charge in [-0.2, -0.15) is 0 Å². The van der Waals surface area contributed by atoms with Gasteiger partial charge in [-0.3, -0.25) is 0 Å². The summed E-state index contributed by atoms with van der Waals surface area (Å²) in [7, 11) is 0. The number of furan rings is 2. The maximum Gasteiger partial charge on any atom is 0.143 e. The quantitative estimate of drug-likeness (QED) is 0.191. The van der Waals surface area contributed by atoms with Crippen LogP contribution in [0.15, 0.2) is 191 Å². The van der Waals surface area contributed by atoms with Gasteiger partial charge in [-0.25, -0.2) is 0 Å². The second-order valence-corrected chi connectivity index (χ2v) is 13.1. The van der Waals surface area contributed by atoms with Crippen LogP contribution >= 0.6 is 0 Å². The molecule has 10 rings (SSSR count). The van der Waals surface area contributed by atoms with Crippen molar-refractivity contribution in [1.82, 2.24) is 0 Å². The Morgan fingerprint density at radius 2 is 0.692 bits per heavy atom. The van der Waals surface area contributed by atoms with Crippen molar-refractivity contribution < 1.29 is 13.9 Å². The maximum atomic E-state index is 9.81. The summed E-state index contributed by atoms with van der Waals surface area (Å²) in [5.74, 6) is 0.256. The average Bonchev–Trinajstić information content (AvgIpc) is 3.78. The summed E-state index contributed by atoms with van der Waals surface area (Å²) < 4.78 is 12.7. The number of para-hydroxylation sites is 4. The molecule has 0 spiro atoms. The molecule has 10 aromatic rings. The third-order valence-electron chi connectivity index (χ3n) is 10.0. The summed E-state index contributed by atoms with van der Waals surface area (Å²) in [5, 5.41) is 14.3. The summed E-state index contributed by atoms with van der Waals surface area (Å²) in [4.78, 5) is 2.28. The molecule has 8 aromatic carbocycles. The summed E-state index contributed by atoms with van der Waals surface area (Å²) in [6.45, 7) is 0. The van der Waals surface area contributed by atoms with Crippen molar-refractivity contribution in [3.63, 3.8) is 0 Å². The van der Waals surface area contributed by atoms with E-state index in [-0.39, 0.29) is 5.75 Å². The number of phenolic OH excluding ortho intramolecular Hbond substituents is 1. The molecule has 52 heavy (non-hydrogen) atoms. The molecule has 0 fully saturated rings. The fraction of sp³-hybridized carbons (Fsp3) is 0. The molecule has 2 heterocycles. The van der Waals surface area contributed by atoms with E-state index >= 15 is 0 Å². The monoisotopic (exact) mass is 669 g/mol. The lowest BCUT2D eigenvalue weighted by Crippen LogP contribution is -2.09. The number of rotatable bonds is 6. The third kappa shape index (κ3) is 5.00. The van der Waals surface area contributed by atoms with Crippen molar-refractivity contribution in [3.05, 3.63) is 182 Å². The maximum absolute atomic E-state index is 9.81. The van der Waals surface area contributed by atoms with Crippen LogP contribution in [0.4, 0.5) is 17.1 Å². The standard InChI is InChI=1S/C48H31NO3/c50-38-29-21-32(22-30-38)31-15-23-35(24-16-31)49(36-25-17-33(18-26-36)39-9-5-11-43-41-7-1-3-13-45(41)51-47(39)43)37-27-19-34(20-28-37)40-10-6-12-44-42-8-2-4-14-46(42)52-48(40)44/h1-30,50H. The minimum atomic E-state index is 0.256. The Bertz CT molecular complexity index is 2720. The zero-order valence-electron chi connectivity index (χ0n) is 28.0. The smallest absolute Gasteiger partial charge is 0.143 e. The predicted octanol–water partition coefficient (Wildman–Crippen LogP) is 13.7. The van der Waals surface area contributed by atoms with Crippen molar-refractivity contribution >= 4 is 60.9 Å². The zero-order valence-corrected chi connectivity index (χ0v) is 28.0. The van der Waals surface area contributed by atoms with Crippen LogP contribution < -0.4 is 4.90 Å². The Hall–Kier alpha value is -7.04. The van der Waals surface area contributed by atoms with Gasteiger partial charge in [0, 0.05) is 49.7 Å². The Morgan fingerprint density at radius 1 is 0.327 bits per heavy atom. The molecule has 0 saturated carbocycles. The Balaban J connectivity index is 1.05. The minimum Gasteiger partial charge on any atom is -0.508 e. The molecule has 0 saturated heterocycles.